The SMILES string of the molecule is [2H]c1cc(N)c2c(=O)n(C3C(=O)CC(=O)CC3[2H])c(C([2H])([2H])[2H])nc2c1. The average Bonchev–Trinajstić information content (AvgIpc) is 2.46. The Morgan fingerprint density at radius 3 is 3.00 bits per heavy atom. The molecule has 1 aromatic heterocycles. The minimum atomic E-state index is -2.85. The quantitative estimate of drug-likeness (QED) is 0.628. The molecule has 0 spiro atoms. The van der Waals surface area contributed by atoms with Gasteiger partial charge in [0.2, 0.25) is 0 Å². The summed E-state index contributed by atoms with van der Waals surface area (Å²) < 4.78 is 39.4. The van der Waals surface area contributed by atoms with E-state index in [1.807, 2.05) is 0 Å². The highest BCUT2D eigenvalue weighted by Gasteiger charge is 2.30. The second kappa shape index (κ2) is 4.80. The van der Waals surface area contributed by atoms with Crippen molar-refractivity contribution in [3.63, 3.8) is 0 Å². The lowest BCUT2D eigenvalue weighted by Crippen LogP contribution is -2.36. The first-order valence-electron chi connectivity index (χ1n) is 8.88. The third-order valence-corrected chi connectivity index (χ3v) is 3.44. The number of carbonyl (C=O) groups excluding carboxylic acids is 2. The molecule has 1 aliphatic carbocycles. The van der Waals surface area contributed by atoms with Gasteiger partial charge >= 0.3 is 0 Å². The van der Waals surface area contributed by atoms with E-state index in [-0.39, 0.29) is 29.1 Å². The van der Waals surface area contributed by atoms with Gasteiger partial charge in [-0.05, 0) is 25.4 Å². The van der Waals surface area contributed by atoms with E-state index in [0.717, 1.165) is 0 Å². The van der Waals surface area contributed by atoms with Crippen LogP contribution < -0.4 is 11.3 Å². The Morgan fingerprint density at radius 2 is 2.29 bits per heavy atom. The molecule has 1 aromatic carbocycles. The number of aryl methyl sites for hydroxylation is 1. The van der Waals surface area contributed by atoms with Crippen LogP contribution in [-0.4, -0.2) is 21.1 Å². The Morgan fingerprint density at radius 1 is 1.48 bits per heavy atom. The molecule has 3 rings (SSSR count). The Kier molecular flexibility index (Phi) is 1.99. The summed E-state index contributed by atoms with van der Waals surface area (Å²) in [4.78, 5) is 40.9. The molecule has 1 aliphatic rings. The molecule has 2 N–H and O–H groups in total. The van der Waals surface area contributed by atoms with Crippen molar-refractivity contribution in [2.45, 2.75) is 32.1 Å². The monoisotopic (exact) mass is 290 g/mol. The number of nitrogens with two attached hydrogens (primary N) is 1. The zero-order valence-electron chi connectivity index (χ0n) is 15.9. The number of benzene rings is 1. The normalized spacial score (nSPS) is 26.8. The van der Waals surface area contributed by atoms with Crippen LogP contribution in [0.2, 0.25) is 0 Å². The molecule has 6 heteroatoms. The molecule has 1 fully saturated rings. The predicted octanol–water partition coefficient (Wildman–Crippen LogP) is 1.15. The zero-order chi connectivity index (χ0) is 19.4. The standard InChI is InChI=1S/C15H15N3O3/c1-8-17-11-4-2-3-10(16)14(11)15(21)18(8)12-6-5-9(19)7-13(12)20/h2-4,12H,5-7,16H2,1H3/i1D3,2D,6D. The van der Waals surface area contributed by atoms with Crippen LogP contribution >= 0.6 is 0 Å². The van der Waals surface area contributed by atoms with Crippen LogP contribution in [0.15, 0.2) is 23.0 Å². The van der Waals surface area contributed by atoms with E-state index in [4.69, 9.17) is 12.6 Å². The van der Waals surface area contributed by atoms with Crippen molar-refractivity contribution in [1.29, 1.82) is 0 Å². The highest BCUT2D eigenvalue weighted by Crippen LogP contribution is 2.24. The number of carbonyl (C=O) groups is 2. The molecule has 1 saturated carbocycles. The summed E-state index contributed by atoms with van der Waals surface area (Å²) in [7, 11) is 0. The molecule has 0 bridgehead atoms. The van der Waals surface area contributed by atoms with Crippen molar-refractivity contribution < 1.29 is 16.4 Å². The van der Waals surface area contributed by atoms with Crippen molar-refractivity contribution in [2.75, 3.05) is 5.73 Å². The summed E-state index contributed by atoms with van der Waals surface area (Å²) in [5, 5.41) is -0.120. The van der Waals surface area contributed by atoms with Gasteiger partial charge in [0.25, 0.3) is 5.56 Å². The van der Waals surface area contributed by atoms with Crippen molar-refractivity contribution in [1.82, 2.24) is 9.55 Å². The van der Waals surface area contributed by atoms with Crippen molar-refractivity contribution in [3.05, 3.63) is 34.4 Å². The largest absolute Gasteiger partial charge is 0.398 e. The molecule has 2 unspecified atom stereocenters. The van der Waals surface area contributed by atoms with Crippen LogP contribution in [0, 0.1) is 6.85 Å². The van der Waals surface area contributed by atoms with Gasteiger partial charge in [-0.2, -0.15) is 0 Å². The predicted molar refractivity (Wildman–Crippen MR) is 78.1 cm³/mol. The molecular formula is C15H15N3O3. The molecule has 0 amide bonds. The number of hydrogen-bond acceptors (Lipinski definition) is 5. The summed E-state index contributed by atoms with van der Waals surface area (Å²) in [5.41, 5.74) is 4.80. The van der Waals surface area contributed by atoms with Gasteiger partial charge in [0.05, 0.1) is 24.7 Å². The molecule has 0 saturated heterocycles. The van der Waals surface area contributed by atoms with Gasteiger partial charge in [-0.1, -0.05) is 6.04 Å². The number of nitrogens with zero attached hydrogens (tertiary/aromatic N) is 2. The smallest absolute Gasteiger partial charge is 0.264 e. The fraction of sp³-hybridized carbons (Fsp3) is 0.333. The Balaban J connectivity index is 2.40. The van der Waals surface area contributed by atoms with Gasteiger partial charge in [0.1, 0.15) is 11.6 Å². The summed E-state index contributed by atoms with van der Waals surface area (Å²) >= 11 is 0. The van der Waals surface area contributed by atoms with E-state index in [1.54, 1.807) is 0 Å². The minimum absolute atomic E-state index is 0.0474. The van der Waals surface area contributed by atoms with Crippen LogP contribution in [0.4, 0.5) is 5.69 Å². The lowest BCUT2D eigenvalue weighted by Gasteiger charge is -2.24. The molecule has 2 aromatic rings. The molecule has 1 heterocycles. The van der Waals surface area contributed by atoms with Crippen LogP contribution in [0.3, 0.4) is 0 Å². The van der Waals surface area contributed by atoms with E-state index >= 15 is 0 Å². The van der Waals surface area contributed by atoms with Crippen LogP contribution in [0.5, 0.6) is 0 Å². The molecule has 108 valence electrons. The fourth-order valence-electron chi connectivity index (χ4n) is 2.46. The first-order chi connectivity index (χ1) is 12.0. The fourth-order valence-corrected chi connectivity index (χ4v) is 2.46. The molecule has 21 heavy (non-hydrogen) atoms. The van der Waals surface area contributed by atoms with E-state index in [2.05, 4.69) is 4.98 Å². The maximum Gasteiger partial charge on any atom is 0.264 e. The Bertz CT molecular complexity index is 999. The maximum absolute atomic E-state index is 13.0. The number of nitrogen functional groups attached to an aromatic ring is 1. The van der Waals surface area contributed by atoms with Gasteiger partial charge in [-0.15, -0.1) is 0 Å². The molecule has 0 radical (unpaired) electrons. The summed E-state index contributed by atoms with van der Waals surface area (Å²) in [5.74, 6) is -1.79. The van der Waals surface area contributed by atoms with Crippen LogP contribution in [0.25, 0.3) is 10.9 Å². The zero-order valence-corrected chi connectivity index (χ0v) is 10.9. The number of rotatable bonds is 1. The third-order valence-electron chi connectivity index (χ3n) is 3.44. The summed E-state index contributed by atoms with van der Waals surface area (Å²) in [6, 6.07) is 0.947. The molecule has 2 atom stereocenters. The van der Waals surface area contributed by atoms with Gasteiger partial charge in [0, 0.05) is 17.6 Å². The molecule has 0 aliphatic heterocycles. The van der Waals surface area contributed by atoms with E-state index in [0.29, 0.717) is 4.57 Å². The number of aromatic nitrogens is 2. The number of ketones is 2. The van der Waals surface area contributed by atoms with Crippen molar-refractivity contribution >= 4 is 28.2 Å². The summed E-state index contributed by atoms with van der Waals surface area (Å²) in [6.45, 7) is -2.85. The Hall–Kier alpha value is -2.50. The first kappa shape index (κ1) is 8.71. The third kappa shape index (κ3) is 2.12. The van der Waals surface area contributed by atoms with E-state index in [1.165, 1.54) is 12.1 Å². The van der Waals surface area contributed by atoms with Gasteiger partial charge in [-0.25, -0.2) is 4.98 Å². The van der Waals surface area contributed by atoms with Gasteiger partial charge in [-0.3, -0.25) is 19.0 Å². The summed E-state index contributed by atoms with van der Waals surface area (Å²) in [6.07, 6.45) is -2.02. The van der Waals surface area contributed by atoms with Crippen molar-refractivity contribution in [2.24, 2.45) is 0 Å². The average molecular weight is 290 g/mol. The Labute approximate surface area is 127 Å². The first-order valence-corrected chi connectivity index (χ1v) is 6.30. The minimum Gasteiger partial charge on any atom is -0.398 e. The molecule has 6 nitrogen and oxygen atoms in total. The number of Topliss-reactive ketones (excluding diaryl/α,β-unsaturated/α-hetero) is 2. The van der Waals surface area contributed by atoms with Crippen LogP contribution in [0.1, 0.15) is 38.0 Å². The van der Waals surface area contributed by atoms with E-state index in [9.17, 15) is 14.4 Å². The molecular weight excluding hydrogens is 270 g/mol. The second-order valence-electron chi connectivity index (χ2n) is 4.85. The van der Waals surface area contributed by atoms with E-state index < -0.39 is 48.7 Å². The number of fused-ring (bicyclic) bond motifs is 1. The highest BCUT2D eigenvalue weighted by atomic mass is 16.2. The van der Waals surface area contributed by atoms with Gasteiger partial charge in [0.15, 0.2) is 5.78 Å². The number of hydrogen-bond donors (Lipinski definition) is 1. The lowest BCUT2D eigenvalue weighted by atomic mass is 9.92. The van der Waals surface area contributed by atoms with Crippen LogP contribution in [-0.2, 0) is 9.59 Å². The highest BCUT2D eigenvalue weighted by molar-refractivity contribution is 6.03. The van der Waals surface area contributed by atoms with Gasteiger partial charge < -0.3 is 5.73 Å². The lowest BCUT2D eigenvalue weighted by molar-refractivity contribution is -0.132. The topological polar surface area (TPSA) is 95.0 Å². The van der Waals surface area contributed by atoms with Crippen molar-refractivity contribution in [3.8, 4) is 0 Å². The number of anilines is 1. The maximum atomic E-state index is 13.0. The second-order valence-corrected chi connectivity index (χ2v) is 4.85.